The van der Waals surface area contributed by atoms with Crippen molar-refractivity contribution in [2.75, 3.05) is 59.1 Å². The molecule has 276 valence electrons. The Labute approximate surface area is 311 Å². The van der Waals surface area contributed by atoms with Crippen LogP contribution in [0.2, 0.25) is 0 Å². The van der Waals surface area contributed by atoms with Crippen molar-refractivity contribution in [1.82, 2.24) is 20.0 Å². The Morgan fingerprint density at radius 1 is 0.942 bits per heavy atom. The SMILES string of the molecule is O=C1CC/C=C\CN(CCN2CCOCC2)C(=O)[C@@H]2N([C@@H](CO)Cc3ccccc3)C(=O)[C@H]3[C@H](C(=O)O[C@H](c4ccccc4)CN1)[C@H]1O[C@@]23C=C1Br. The lowest BCUT2D eigenvalue weighted by molar-refractivity contribution is -0.160. The second-order valence-electron chi connectivity index (χ2n) is 14.0. The summed E-state index contributed by atoms with van der Waals surface area (Å²) in [5, 5.41) is 13.8. The van der Waals surface area contributed by atoms with Crippen molar-refractivity contribution >= 4 is 39.6 Å². The van der Waals surface area contributed by atoms with Crippen LogP contribution in [0.15, 0.2) is 83.4 Å². The van der Waals surface area contributed by atoms with Gasteiger partial charge in [-0.05, 0) is 30.0 Å². The van der Waals surface area contributed by atoms with Gasteiger partial charge < -0.3 is 34.4 Å². The number of carbonyl (C=O) groups excluding carboxylic acids is 4. The summed E-state index contributed by atoms with van der Waals surface area (Å²) in [6.45, 7) is 3.54. The van der Waals surface area contributed by atoms with Crippen molar-refractivity contribution in [3.63, 3.8) is 0 Å². The minimum absolute atomic E-state index is 0.0452. The number of likely N-dealkylation sites (tertiary alicyclic amines) is 1. The first-order valence-electron chi connectivity index (χ1n) is 18.1. The summed E-state index contributed by atoms with van der Waals surface area (Å²) in [5.74, 6) is -3.80. The Bertz CT molecular complexity index is 1690. The van der Waals surface area contributed by atoms with E-state index in [0.717, 1.165) is 18.7 Å². The quantitative estimate of drug-likeness (QED) is 0.306. The van der Waals surface area contributed by atoms with Crippen LogP contribution in [0, 0.1) is 11.8 Å². The Kier molecular flexibility index (Phi) is 11.2. The van der Waals surface area contributed by atoms with E-state index in [2.05, 4.69) is 26.1 Å². The summed E-state index contributed by atoms with van der Waals surface area (Å²) in [6.07, 6.45) is 4.82. The molecule has 0 radical (unpaired) electrons. The number of aliphatic hydroxyl groups excluding tert-OH is 1. The number of cyclic esters (lactones) is 1. The van der Waals surface area contributed by atoms with Gasteiger partial charge in [0.1, 0.15) is 29.8 Å². The van der Waals surface area contributed by atoms with E-state index in [1.54, 1.807) is 11.0 Å². The third kappa shape index (κ3) is 7.21. The van der Waals surface area contributed by atoms with E-state index in [-0.39, 0.29) is 31.3 Å². The van der Waals surface area contributed by atoms with E-state index in [0.29, 0.717) is 49.2 Å². The number of amides is 3. The highest BCUT2D eigenvalue weighted by atomic mass is 79.9. The first-order valence-corrected chi connectivity index (χ1v) is 18.9. The lowest BCUT2D eigenvalue weighted by Crippen LogP contribution is -2.59. The molecule has 5 aliphatic rings. The first-order chi connectivity index (χ1) is 25.3. The molecule has 5 bridgehead atoms. The molecular weight excluding hydrogens is 732 g/mol. The van der Waals surface area contributed by atoms with Crippen molar-refractivity contribution in [3.8, 4) is 0 Å². The molecule has 5 aliphatic heterocycles. The van der Waals surface area contributed by atoms with Gasteiger partial charge in [0.25, 0.3) is 0 Å². The summed E-state index contributed by atoms with van der Waals surface area (Å²) in [4.78, 5) is 62.9. The van der Waals surface area contributed by atoms with Crippen molar-refractivity contribution < 1.29 is 38.5 Å². The number of rotatable bonds is 8. The van der Waals surface area contributed by atoms with Gasteiger partial charge in [-0.1, -0.05) is 88.7 Å². The van der Waals surface area contributed by atoms with E-state index < -0.39 is 60.2 Å². The molecule has 2 aromatic rings. The molecule has 0 aromatic heterocycles. The molecule has 7 rings (SSSR count). The van der Waals surface area contributed by atoms with Crippen LogP contribution in [0.3, 0.4) is 0 Å². The maximum atomic E-state index is 15.2. The highest BCUT2D eigenvalue weighted by molar-refractivity contribution is 9.11. The molecule has 1 spiro atoms. The summed E-state index contributed by atoms with van der Waals surface area (Å²) in [5.41, 5.74) is 0.0906. The average Bonchev–Trinajstić information content (AvgIpc) is 3.77. The number of ether oxygens (including phenoxy) is 3. The zero-order chi connectivity index (χ0) is 36.2. The van der Waals surface area contributed by atoms with Crippen LogP contribution >= 0.6 is 15.9 Å². The Morgan fingerprint density at radius 2 is 1.67 bits per heavy atom. The Hall–Kier alpha value is -3.88. The lowest BCUT2D eigenvalue weighted by Gasteiger charge is -2.39. The zero-order valence-electron chi connectivity index (χ0n) is 29.0. The minimum Gasteiger partial charge on any atom is -0.455 e. The van der Waals surface area contributed by atoms with Crippen molar-refractivity contribution in [2.45, 2.75) is 49.2 Å². The van der Waals surface area contributed by atoms with Crippen molar-refractivity contribution in [3.05, 3.63) is 94.5 Å². The van der Waals surface area contributed by atoms with Gasteiger partial charge in [0.2, 0.25) is 17.7 Å². The van der Waals surface area contributed by atoms with E-state index in [4.69, 9.17) is 14.2 Å². The smallest absolute Gasteiger partial charge is 0.313 e. The molecule has 5 heterocycles. The number of aliphatic hydroxyl groups is 1. The summed E-state index contributed by atoms with van der Waals surface area (Å²) in [7, 11) is 0. The fraction of sp³-hybridized carbons (Fsp3) is 0.487. The first kappa shape index (κ1) is 36.5. The van der Waals surface area contributed by atoms with Gasteiger partial charge in [0, 0.05) is 43.6 Å². The third-order valence-corrected chi connectivity index (χ3v) is 11.5. The van der Waals surface area contributed by atoms with Gasteiger partial charge in [-0.25, -0.2) is 0 Å². The molecule has 0 aliphatic carbocycles. The molecule has 0 saturated carbocycles. The fourth-order valence-electron chi connectivity index (χ4n) is 8.23. The van der Waals surface area contributed by atoms with E-state index in [1.165, 1.54) is 4.90 Å². The van der Waals surface area contributed by atoms with Gasteiger partial charge in [0.15, 0.2) is 0 Å². The zero-order valence-corrected chi connectivity index (χ0v) is 30.6. The average molecular weight is 778 g/mol. The molecule has 3 amide bonds. The van der Waals surface area contributed by atoms with Gasteiger partial charge in [0.05, 0.1) is 38.3 Å². The second-order valence-corrected chi connectivity index (χ2v) is 14.9. The van der Waals surface area contributed by atoms with Gasteiger partial charge in [-0.3, -0.25) is 24.1 Å². The highest BCUT2D eigenvalue weighted by Gasteiger charge is 2.75. The molecule has 2 aromatic carbocycles. The number of hydrogen-bond donors (Lipinski definition) is 2. The van der Waals surface area contributed by atoms with Crippen LogP contribution in [0.4, 0.5) is 0 Å². The van der Waals surface area contributed by atoms with E-state index in [1.807, 2.05) is 72.8 Å². The minimum atomic E-state index is -1.49. The van der Waals surface area contributed by atoms with Crippen LogP contribution in [0.1, 0.15) is 30.1 Å². The molecule has 7 atom stereocenters. The van der Waals surface area contributed by atoms with E-state index in [9.17, 15) is 19.5 Å². The summed E-state index contributed by atoms with van der Waals surface area (Å²) in [6, 6.07) is 16.7. The number of hydrogen-bond acceptors (Lipinski definition) is 9. The molecule has 0 unspecified atom stereocenters. The fourth-order valence-corrected chi connectivity index (χ4v) is 8.97. The molecule has 3 fully saturated rings. The molecule has 2 N–H and O–H groups in total. The topological polar surface area (TPSA) is 138 Å². The molecule has 3 saturated heterocycles. The molecular formula is C39H45BrN4O8. The normalized spacial score (nSPS) is 31.2. The third-order valence-electron chi connectivity index (χ3n) is 10.8. The number of benzene rings is 2. The summed E-state index contributed by atoms with van der Waals surface area (Å²) >= 11 is 3.63. The number of nitrogens with one attached hydrogen (secondary N) is 1. The largest absolute Gasteiger partial charge is 0.455 e. The number of allylic oxidation sites excluding steroid dienone is 1. The van der Waals surface area contributed by atoms with Crippen molar-refractivity contribution in [2.24, 2.45) is 11.8 Å². The predicted molar refractivity (Wildman–Crippen MR) is 194 cm³/mol. The standard InChI is InChI=1S/C39H45BrN4O8/c40-29-23-39-33-32(34(29)52-39)38(49)51-30(27-12-6-2-7-13-27)24-41-31(46)14-8-3-9-15-43(17-16-42-18-20-50-21-19-42)37(48)35(39)44(36(33)47)28(25-45)22-26-10-4-1-5-11-26/h1-7,9-13,23,28,30,32-35,45H,8,14-22,24-25H2,(H,41,46)/b9-3-/t28-,30+,32+,33-,34+,35+,39-/m1/s1. The number of esters is 1. The monoisotopic (exact) mass is 776 g/mol. The second kappa shape index (κ2) is 16.0. The van der Waals surface area contributed by atoms with Crippen LogP contribution in [0.5, 0.6) is 0 Å². The number of halogens is 1. The Morgan fingerprint density at radius 3 is 2.40 bits per heavy atom. The number of carbonyl (C=O) groups is 4. The van der Waals surface area contributed by atoms with Gasteiger partial charge in [-0.2, -0.15) is 0 Å². The lowest BCUT2D eigenvalue weighted by atomic mass is 9.74. The molecule has 13 heteroatoms. The maximum absolute atomic E-state index is 15.2. The maximum Gasteiger partial charge on any atom is 0.313 e. The van der Waals surface area contributed by atoms with Crippen LogP contribution in [0.25, 0.3) is 0 Å². The van der Waals surface area contributed by atoms with Crippen molar-refractivity contribution in [1.29, 1.82) is 0 Å². The highest BCUT2D eigenvalue weighted by Crippen LogP contribution is 2.59. The summed E-state index contributed by atoms with van der Waals surface area (Å²) < 4.78 is 19.0. The van der Waals surface area contributed by atoms with Crippen LogP contribution in [-0.4, -0.2) is 126 Å². The van der Waals surface area contributed by atoms with Gasteiger partial charge >= 0.3 is 5.97 Å². The van der Waals surface area contributed by atoms with Crippen LogP contribution < -0.4 is 5.32 Å². The molecule has 12 nitrogen and oxygen atoms in total. The van der Waals surface area contributed by atoms with Crippen LogP contribution in [-0.2, 0) is 39.8 Å². The molecule has 52 heavy (non-hydrogen) atoms. The number of fused-ring (bicyclic) bond motifs is 2. The van der Waals surface area contributed by atoms with E-state index >= 15 is 4.79 Å². The predicted octanol–water partition coefficient (Wildman–Crippen LogP) is 2.37. The Balaban J connectivity index is 1.30. The number of nitrogens with zero attached hydrogens (tertiary/aromatic N) is 3. The number of morpholine rings is 1. The van der Waals surface area contributed by atoms with Gasteiger partial charge in [-0.15, -0.1) is 0 Å².